The molecule has 3 nitrogen and oxygen atoms in total. The highest BCUT2D eigenvalue weighted by atomic mass is 32.1. The molecule has 0 saturated heterocycles. The maximum atomic E-state index is 12.3. The molecular formula is C17H19NO2S. The van der Waals surface area contributed by atoms with E-state index in [1.807, 2.05) is 30.3 Å². The van der Waals surface area contributed by atoms with Crippen LogP contribution in [0.25, 0.3) is 0 Å². The lowest BCUT2D eigenvalue weighted by atomic mass is 10.1. The second kappa shape index (κ2) is 6.00. The van der Waals surface area contributed by atoms with Gasteiger partial charge in [-0.2, -0.15) is 0 Å². The zero-order valence-corrected chi connectivity index (χ0v) is 12.8. The summed E-state index contributed by atoms with van der Waals surface area (Å²) in [5.74, 6) is 0.468. The summed E-state index contributed by atoms with van der Waals surface area (Å²) in [5.41, 5.74) is 2.22. The number of rotatable bonds is 5. The average molecular weight is 301 g/mol. The summed E-state index contributed by atoms with van der Waals surface area (Å²) >= 11 is 1.73. The molecule has 3 atom stereocenters. The highest BCUT2D eigenvalue weighted by Gasteiger charge is 2.45. The molecule has 1 aromatic carbocycles. The number of benzene rings is 1. The minimum absolute atomic E-state index is 0.0516. The topological polar surface area (TPSA) is 49.3 Å². The van der Waals surface area contributed by atoms with Gasteiger partial charge in [0, 0.05) is 16.7 Å². The van der Waals surface area contributed by atoms with Gasteiger partial charge in [0.15, 0.2) is 0 Å². The summed E-state index contributed by atoms with van der Waals surface area (Å²) in [6.07, 6.45) is 0.917. The van der Waals surface area contributed by atoms with Crippen molar-refractivity contribution in [1.82, 2.24) is 5.32 Å². The van der Waals surface area contributed by atoms with Crippen LogP contribution in [0.5, 0.6) is 0 Å². The lowest BCUT2D eigenvalue weighted by Gasteiger charge is -2.16. The molecule has 0 spiro atoms. The minimum atomic E-state index is -0.315. The molecule has 1 fully saturated rings. The summed E-state index contributed by atoms with van der Waals surface area (Å²) in [7, 11) is 0. The largest absolute Gasteiger partial charge is 0.394 e. The number of carbonyl (C=O) groups excluding carboxylic acids is 1. The highest BCUT2D eigenvalue weighted by Crippen LogP contribution is 2.50. The third-order valence-electron chi connectivity index (χ3n) is 4.07. The highest BCUT2D eigenvalue weighted by molar-refractivity contribution is 7.10. The van der Waals surface area contributed by atoms with E-state index in [-0.39, 0.29) is 24.5 Å². The SMILES string of the molecule is Cc1ccsc1[C@@H]1C[C@@H]1C(=O)N[C@@H](CO)c1ccccc1. The maximum Gasteiger partial charge on any atom is 0.224 e. The van der Waals surface area contributed by atoms with Gasteiger partial charge in [-0.3, -0.25) is 4.79 Å². The third-order valence-corrected chi connectivity index (χ3v) is 5.22. The summed E-state index contributed by atoms with van der Waals surface area (Å²) in [5, 5.41) is 14.6. The van der Waals surface area contributed by atoms with Crippen LogP contribution in [0.4, 0.5) is 0 Å². The van der Waals surface area contributed by atoms with Gasteiger partial charge in [0.2, 0.25) is 5.91 Å². The van der Waals surface area contributed by atoms with Crippen LogP contribution in [-0.2, 0) is 4.79 Å². The molecule has 1 aliphatic rings. The van der Waals surface area contributed by atoms with E-state index in [9.17, 15) is 9.90 Å². The fourth-order valence-electron chi connectivity index (χ4n) is 2.74. The molecule has 2 aromatic rings. The molecule has 110 valence electrons. The molecular weight excluding hydrogens is 282 g/mol. The number of hydrogen-bond donors (Lipinski definition) is 2. The first-order valence-corrected chi connectivity index (χ1v) is 8.09. The quantitative estimate of drug-likeness (QED) is 0.892. The summed E-state index contributed by atoms with van der Waals surface area (Å²) in [6.45, 7) is 2.02. The Balaban J connectivity index is 1.63. The Morgan fingerprint density at radius 1 is 1.38 bits per heavy atom. The number of aliphatic hydroxyl groups is 1. The summed E-state index contributed by atoms with van der Waals surface area (Å²) in [4.78, 5) is 13.7. The standard InChI is InChI=1S/C17H19NO2S/c1-11-7-8-21-16(11)13-9-14(13)17(20)18-15(10-19)12-5-3-2-4-6-12/h2-8,13-15,19H,9-10H2,1H3,(H,18,20)/t13-,14+,15+/m1/s1. The Morgan fingerprint density at radius 3 is 2.76 bits per heavy atom. The Bertz CT molecular complexity index is 623. The van der Waals surface area contributed by atoms with Crippen molar-refractivity contribution in [3.05, 3.63) is 57.8 Å². The summed E-state index contributed by atoms with van der Waals surface area (Å²) < 4.78 is 0. The van der Waals surface area contributed by atoms with Crippen molar-refractivity contribution in [2.24, 2.45) is 5.92 Å². The lowest BCUT2D eigenvalue weighted by molar-refractivity contribution is -0.123. The first-order chi connectivity index (χ1) is 10.2. The van der Waals surface area contributed by atoms with Gasteiger partial charge < -0.3 is 10.4 Å². The van der Waals surface area contributed by atoms with Crippen LogP contribution in [-0.4, -0.2) is 17.6 Å². The van der Waals surface area contributed by atoms with Gasteiger partial charge in [0.1, 0.15) is 0 Å². The molecule has 1 amide bonds. The second-order valence-electron chi connectivity index (χ2n) is 5.57. The van der Waals surface area contributed by atoms with Gasteiger partial charge in [-0.25, -0.2) is 0 Å². The number of amides is 1. The van der Waals surface area contributed by atoms with Crippen LogP contribution in [0.15, 0.2) is 41.8 Å². The van der Waals surface area contributed by atoms with Gasteiger partial charge >= 0.3 is 0 Å². The van der Waals surface area contributed by atoms with Crippen molar-refractivity contribution < 1.29 is 9.90 Å². The van der Waals surface area contributed by atoms with E-state index in [1.54, 1.807) is 11.3 Å². The first kappa shape index (κ1) is 14.3. The molecule has 1 aliphatic carbocycles. The molecule has 1 saturated carbocycles. The van der Waals surface area contributed by atoms with Crippen LogP contribution in [0, 0.1) is 12.8 Å². The monoisotopic (exact) mass is 301 g/mol. The van der Waals surface area contributed by atoms with Gasteiger partial charge in [-0.05, 0) is 35.9 Å². The average Bonchev–Trinajstić information content (AvgIpc) is 3.20. The van der Waals surface area contributed by atoms with Crippen molar-refractivity contribution in [3.63, 3.8) is 0 Å². The van der Waals surface area contributed by atoms with E-state index in [1.165, 1.54) is 10.4 Å². The molecule has 1 heterocycles. The molecule has 0 aliphatic heterocycles. The smallest absolute Gasteiger partial charge is 0.224 e. The van der Waals surface area contributed by atoms with Crippen LogP contribution < -0.4 is 5.32 Å². The van der Waals surface area contributed by atoms with E-state index >= 15 is 0 Å². The fraction of sp³-hybridized carbons (Fsp3) is 0.353. The molecule has 2 N–H and O–H groups in total. The zero-order chi connectivity index (χ0) is 14.8. The van der Waals surface area contributed by atoms with E-state index in [2.05, 4.69) is 23.7 Å². The molecule has 0 radical (unpaired) electrons. The van der Waals surface area contributed by atoms with Crippen molar-refractivity contribution in [1.29, 1.82) is 0 Å². The number of aryl methyl sites for hydroxylation is 1. The lowest BCUT2D eigenvalue weighted by Crippen LogP contribution is -2.32. The van der Waals surface area contributed by atoms with Crippen molar-refractivity contribution in [2.75, 3.05) is 6.61 Å². The molecule has 21 heavy (non-hydrogen) atoms. The number of hydrogen-bond acceptors (Lipinski definition) is 3. The van der Waals surface area contributed by atoms with Crippen LogP contribution >= 0.6 is 11.3 Å². The predicted molar refractivity (Wildman–Crippen MR) is 84.3 cm³/mol. The Kier molecular flexibility index (Phi) is 4.08. The van der Waals surface area contributed by atoms with Gasteiger partial charge in [-0.15, -0.1) is 11.3 Å². The van der Waals surface area contributed by atoms with Gasteiger partial charge in [0.05, 0.1) is 12.6 Å². The normalized spacial score (nSPS) is 21.8. The van der Waals surface area contributed by atoms with E-state index in [0.717, 1.165) is 12.0 Å². The Morgan fingerprint density at radius 2 is 2.14 bits per heavy atom. The number of thiophene rings is 1. The minimum Gasteiger partial charge on any atom is -0.394 e. The van der Waals surface area contributed by atoms with Crippen LogP contribution in [0.2, 0.25) is 0 Å². The molecule has 3 rings (SSSR count). The van der Waals surface area contributed by atoms with E-state index in [4.69, 9.17) is 0 Å². The predicted octanol–water partition coefficient (Wildman–Crippen LogP) is 3.01. The Hall–Kier alpha value is -1.65. The number of carbonyl (C=O) groups is 1. The van der Waals surface area contributed by atoms with Gasteiger partial charge in [0.25, 0.3) is 0 Å². The first-order valence-electron chi connectivity index (χ1n) is 7.21. The number of aliphatic hydroxyl groups excluding tert-OH is 1. The van der Waals surface area contributed by atoms with E-state index in [0.29, 0.717) is 5.92 Å². The Labute approximate surface area is 128 Å². The van der Waals surface area contributed by atoms with Crippen LogP contribution in [0.3, 0.4) is 0 Å². The molecule has 4 heteroatoms. The molecule has 0 unspecified atom stereocenters. The summed E-state index contributed by atoms with van der Waals surface area (Å²) in [6, 6.07) is 11.4. The molecule has 1 aromatic heterocycles. The number of nitrogens with one attached hydrogen (secondary N) is 1. The third kappa shape index (κ3) is 3.01. The van der Waals surface area contributed by atoms with Crippen molar-refractivity contribution in [3.8, 4) is 0 Å². The van der Waals surface area contributed by atoms with E-state index < -0.39 is 0 Å². The van der Waals surface area contributed by atoms with Crippen molar-refractivity contribution >= 4 is 17.2 Å². The maximum absolute atomic E-state index is 12.3. The van der Waals surface area contributed by atoms with Crippen molar-refractivity contribution in [2.45, 2.75) is 25.3 Å². The zero-order valence-electron chi connectivity index (χ0n) is 12.0. The second-order valence-corrected chi connectivity index (χ2v) is 6.52. The van der Waals surface area contributed by atoms with Gasteiger partial charge in [-0.1, -0.05) is 30.3 Å². The molecule has 0 bridgehead atoms. The van der Waals surface area contributed by atoms with Crippen LogP contribution in [0.1, 0.15) is 34.4 Å². The fourth-order valence-corrected chi connectivity index (χ4v) is 3.85.